The Morgan fingerprint density at radius 3 is 2.86 bits per heavy atom. The molecule has 2 unspecified atom stereocenters. The Hall–Kier alpha value is -0.340. The third kappa shape index (κ3) is 1.73. The molecule has 2 heteroatoms. The number of hydrogen-bond acceptors (Lipinski definition) is 2. The van der Waals surface area contributed by atoms with Crippen LogP contribution in [0.5, 0.6) is 0 Å². The lowest BCUT2D eigenvalue weighted by Gasteiger charge is -2.22. The molecule has 1 fully saturated rings. The van der Waals surface area contributed by atoms with Crippen LogP contribution in [0.3, 0.4) is 0 Å². The van der Waals surface area contributed by atoms with Gasteiger partial charge in [0.1, 0.15) is 0 Å². The summed E-state index contributed by atoms with van der Waals surface area (Å²) in [5.41, 5.74) is 6.47. The zero-order valence-electron chi connectivity index (χ0n) is 9.05. The lowest BCUT2D eigenvalue weighted by molar-refractivity contribution is 0.431. The summed E-state index contributed by atoms with van der Waals surface area (Å²) in [4.78, 5) is 2.77. The van der Waals surface area contributed by atoms with Crippen molar-refractivity contribution in [2.45, 2.75) is 45.1 Å². The van der Waals surface area contributed by atoms with E-state index in [0.717, 1.165) is 5.92 Å². The molecule has 2 rings (SSSR count). The fraction of sp³-hybridized carbons (Fsp3) is 0.667. The van der Waals surface area contributed by atoms with E-state index in [0.29, 0.717) is 0 Å². The van der Waals surface area contributed by atoms with Crippen molar-refractivity contribution in [2.75, 3.05) is 0 Å². The number of aryl methyl sites for hydroxylation is 1. The maximum atomic E-state index is 6.47. The summed E-state index contributed by atoms with van der Waals surface area (Å²) < 4.78 is 0. The van der Waals surface area contributed by atoms with Gasteiger partial charge in [-0.25, -0.2) is 0 Å². The minimum absolute atomic E-state index is 0.000394. The fourth-order valence-electron chi connectivity index (χ4n) is 2.46. The monoisotopic (exact) mass is 209 g/mol. The molecule has 0 bridgehead atoms. The van der Waals surface area contributed by atoms with Gasteiger partial charge < -0.3 is 5.73 Å². The van der Waals surface area contributed by atoms with E-state index in [9.17, 15) is 0 Å². The van der Waals surface area contributed by atoms with Crippen molar-refractivity contribution in [3.8, 4) is 0 Å². The standard InChI is InChI=1S/C12H19NS/c1-3-10-6-7-12(13,8-10)11-5-4-9(2)14-11/h4-5,10H,3,6-8,13H2,1-2H3. The average molecular weight is 209 g/mol. The molecule has 14 heavy (non-hydrogen) atoms. The van der Waals surface area contributed by atoms with Crippen LogP contribution in [-0.4, -0.2) is 0 Å². The third-order valence-electron chi connectivity index (χ3n) is 3.46. The Bertz CT molecular complexity index is 318. The SMILES string of the molecule is CCC1CCC(N)(c2ccc(C)s2)C1. The van der Waals surface area contributed by atoms with Crippen LogP contribution in [0.15, 0.2) is 12.1 Å². The van der Waals surface area contributed by atoms with Crippen LogP contribution in [0.25, 0.3) is 0 Å². The predicted octanol–water partition coefficient (Wildman–Crippen LogP) is 3.42. The van der Waals surface area contributed by atoms with Crippen molar-refractivity contribution in [1.29, 1.82) is 0 Å². The van der Waals surface area contributed by atoms with E-state index in [1.54, 1.807) is 0 Å². The second-order valence-corrected chi connectivity index (χ2v) is 5.87. The van der Waals surface area contributed by atoms with Crippen molar-refractivity contribution < 1.29 is 0 Å². The Morgan fingerprint density at radius 1 is 1.57 bits per heavy atom. The van der Waals surface area contributed by atoms with Gasteiger partial charge in [0.15, 0.2) is 0 Å². The largest absolute Gasteiger partial charge is 0.321 e. The molecule has 1 aliphatic rings. The van der Waals surface area contributed by atoms with Gasteiger partial charge in [-0.15, -0.1) is 11.3 Å². The molecule has 0 aromatic carbocycles. The summed E-state index contributed by atoms with van der Waals surface area (Å²) in [6, 6.07) is 4.41. The third-order valence-corrected chi connectivity index (χ3v) is 4.68. The molecule has 1 nitrogen and oxygen atoms in total. The van der Waals surface area contributed by atoms with Crippen molar-refractivity contribution in [3.05, 3.63) is 21.9 Å². The normalized spacial score (nSPS) is 32.4. The minimum Gasteiger partial charge on any atom is -0.321 e. The van der Waals surface area contributed by atoms with Gasteiger partial charge in [-0.3, -0.25) is 0 Å². The Balaban J connectivity index is 2.18. The number of rotatable bonds is 2. The van der Waals surface area contributed by atoms with Gasteiger partial charge in [-0.1, -0.05) is 13.3 Å². The molecule has 1 saturated carbocycles. The van der Waals surface area contributed by atoms with Gasteiger partial charge in [0.05, 0.1) is 5.54 Å². The van der Waals surface area contributed by atoms with Crippen molar-refractivity contribution in [2.24, 2.45) is 11.7 Å². The Morgan fingerprint density at radius 2 is 2.36 bits per heavy atom. The average Bonchev–Trinajstić information content (AvgIpc) is 2.73. The highest BCUT2D eigenvalue weighted by molar-refractivity contribution is 7.12. The minimum atomic E-state index is -0.000394. The highest BCUT2D eigenvalue weighted by Gasteiger charge is 2.37. The van der Waals surface area contributed by atoms with Crippen molar-refractivity contribution >= 4 is 11.3 Å². The fourth-order valence-corrected chi connectivity index (χ4v) is 3.46. The van der Waals surface area contributed by atoms with E-state index < -0.39 is 0 Å². The molecule has 1 aliphatic carbocycles. The first-order valence-electron chi connectivity index (χ1n) is 5.50. The quantitative estimate of drug-likeness (QED) is 0.793. The molecule has 1 heterocycles. The lowest BCUT2D eigenvalue weighted by Crippen LogP contribution is -2.32. The highest BCUT2D eigenvalue weighted by Crippen LogP contribution is 2.43. The summed E-state index contributed by atoms with van der Waals surface area (Å²) in [5.74, 6) is 0.849. The Kier molecular flexibility index (Phi) is 2.67. The molecular formula is C12H19NS. The van der Waals surface area contributed by atoms with Crippen molar-refractivity contribution in [3.63, 3.8) is 0 Å². The first kappa shape index (κ1) is 10.2. The molecule has 0 saturated heterocycles. The molecular weight excluding hydrogens is 190 g/mol. The molecule has 1 aromatic heterocycles. The van der Waals surface area contributed by atoms with Gasteiger partial charge in [-0.2, -0.15) is 0 Å². The van der Waals surface area contributed by atoms with Gasteiger partial charge in [-0.05, 0) is 44.2 Å². The van der Waals surface area contributed by atoms with E-state index in [2.05, 4.69) is 26.0 Å². The Labute approximate surface area is 90.3 Å². The summed E-state index contributed by atoms with van der Waals surface area (Å²) in [5, 5.41) is 0. The van der Waals surface area contributed by atoms with Crippen LogP contribution in [-0.2, 0) is 5.54 Å². The summed E-state index contributed by atoms with van der Waals surface area (Å²) in [7, 11) is 0. The molecule has 78 valence electrons. The molecule has 2 atom stereocenters. The lowest BCUT2D eigenvalue weighted by atomic mass is 9.94. The van der Waals surface area contributed by atoms with Gasteiger partial charge in [0.2, 0.25) is 0 Å². The van der Waals surface area contributed by atoms with Crippen LogP contribution in [0, 0.1) is 12.8 Å². The van der Waals surface area contributed by atoms with E-state index in [1.165, 1.54) is 35.4 Å². The van der Waals surface area contributed by atoms with Gasteiger partial charge >= 0.3 is 0 Å². The van der Waals surface area contributed by atoms with Crippen LogP contribution >= 0.6 is 11.3 Å². The molecule has 0 spiro atoms. The van der Waals surface area contributed by atoms with E-state index in [-0.39, 0.29) is 5.54 Å². The maximum absolute atomic E-state index is 6.47. The number of nitrogens with two attached hydrogens (primary N) is 1. The zero-order chi connectivity index (χ0) is 10.2. The molecule has 0 radical (unpaired) electrons. The first-order valence-corrected chi connectivity index (χ1v) is 6.31. The van der Waals surface area contributed by atoms with Crippen LogP contribution in [0.1, 0.15) is 42.4 Å². The number of thiophene rings is 1. The second kappa shape index (κ2) is 3.67. The van der Waals surface area contributed by atoms with Crippen LogP contribution in [0.4, 0.5) is 0 Å². The zero-order valence-corrected chi connectivity index (χ0v) is 9.86. The van der Waals surface area contributed by atoms with Gasteiger partial charge in [0.25, 0.3) is 0 Å². The smallest absolute Gasteiger partial charge is 0.0506 e. The summed E-state index contributed by atoms with van der Waals surface area (Å²) >= 11 is 1.87. The predicted molar refractivity (Wildman–Crippen MR) is 62.6 cm³/mol. The van der Waals surface area contributed by atoms with E-state index >= 15 is 0 Å². The number of hydrogen-bond donors (Lipinski definition) is 1. The molecule has 0 amide bonds. The summed E-state index contributed by atoms with van der Waals surface area (Å²) in [6.07, 6.45) is 4.95. The second-order valence-electron chi connectivity index (χ2n) is 4.58. The first-order chi connectivity index (χ1) is 6.64. The van der Waals surface area contributed by atoms with E-state index in [4.69, 9.17) is 5.73 Å². The molecule has 0 aliphatic heterocycles. The topological polar surface area (TPSA) is 26.0 Å². The van der Waals surface area contributed by atoms with Crippen LogP contribution in [0.2, 0.25) is 0 Å². The maximum Gasteiger partial charge on any atom is 0.0506 e. The van der Waals surface area contributed by atoms with Crippen LogP contribution < -0.4 is 5.73 Å². The molecule has 2 N–H and O–H groups in total. The van der Waals surface area contributed by atoms with E-state index in [1.807, 2.05) is 11.3 Å². The van der Waals surface area contributed by atoms with Gasteiger partial charge in [0, 0.05) is 9.75 Å². The highest BCUT2D eigenvalue weighted by atomic mass is 32.1. The summed E-state index contributed by atoms with van der Waals surface area (Å²) in [6.45, 7) is 4.43. The van der Waals surface area contributed by atoms with Crippen molar-refractivity contribution in [1.82, 2.24) is 0 Å². The molecule has 1 aromatic rings.